The summed E-state index contributed by atoms with van der Waals surface area (Å²) in [5, 5.41) is 4.10. The van der Waals surface area contributed by atoms with E-state index in [9.17, 15) is 4.39 Å². The Bertz CT molecular complexity index is 462. The van der Waals surface area contributed by atoms with E-state index in [1.165, 1.54) is 10.7 Å². The van der Waals surface area contributed by atoms with Crippen LogP contribution in [-0.4, -0.2) is 9.78 Å². The van der Waals surface area contributed by atoms with E-state index in [4.69, 9.17) is 5.73 Å². The molecule has 0 aliphatic rings. The third-order valence-electron chi connectivity index (χ3n) is 1.98. The van der Waals surface area contributed by atoms with Crippen molar-refractivity contribution in [3.8, 4) is 5.69 Å². The normalized spacial score (nSPS) is 10.4. The van der Waals surface area contributed by atoms with Crippen molar-refractivity contribution in [1.82, 2.24) is 9.78 Å². The number of anilines is 1. The summed E-state index contributed by atoms with van der Waals surface area (Å²) in [4.78, 5) is 0. The second-order valence-corrected chi connectivity index (χ2v) is 3.08. The number of nitrogens with two attached hydrogens (primary N) is 1. The largest absolute Gasteiger partial charge is 0.396 e. The smallest absolute Gasteiger partial charge is 0.171 e. The summed E-state index contributed by atoms with van der Waals surface area (Å²) in [6.07, 6.45) is 1.70. The zero-order chi connectivity index (χ0) is 10.1. The van der Waals surface area contributed by atoms with Crippen LogP contribution in [0.2, 0.25) is 0 Å². The Balaban J connectivity index is 2.57. The minimum Gasteiger partial charge on any atom is -0.396 e. The zero-order valence-corrected chi connectivity index (χ0v) is 7.74. The fourth-order valence-corrected chi connectivity index (χ4v) is 1.26. The van der Waals surface area contributed by atoms with Crippen molar-refractivity contribution in [1.29, 1.82) is 0 Å². The fourth-order valence-electron chi connectivity index (χ4n) is 1.26. The second-order valence-electron chi connectivity index (χ2n) is 3.08. The second kappa shape index (κ2) is 3.14. The minimum absolute atomic E-state index is 0.135. The van der Waals surface area contributed by atoms with Gasteiger partial charge >= 0.3 is 0 Å². The molecule has 0 bridgehead atoms. The molecule has 0 aliphatic heterocycles. The van der Waals surface area contributed by atoms with Crippen molar-refractivity contribution < 1.29 is 4.39 Å². The van der Waals surface area contributed by atoms with Gasteiger partial charge in [-0.05, 0) is 25.1 Å². The molecule has 0 radical (unpaired) electrons. The Kier molecular flexibility index (Phi) is 1.96. The average molecular weight is 191 g/mol. The number of halogens is 1. The van der Waals surface area contributed by atoms with E-state index in [-0.39, 0.29) is 5.69 Å². The average Bonchev–Trinajstić information content (AvgIpc) is 2.57. The quantitative estimate of drug-likeness (QED) is 0.699. The highest BCUT2D eigenvalue weighted by Gasteiger charge is 2.07. The molecule has 0 amide bonds. The lowest BCUT2D eigenvalue weighted by molar-refractivity contribution is 0.615. The van der Waals surface area contributed by atoms with Crippen molar-refractivity contribution in [3.05, 3.63) is 42.0 Å². The standard InChI is InChI=1S/C10H10FN3/c1-7-5-6-14(13-7)9-4-2-3-8(12)10(9)11/h2-6H,12H2,1H3. The zero-order valence-electron chi connectivity index (χ0n) is 7.74. The van der Waals surface area contributed by atoms with Crippen LogP contribution in [0.1, 0.15) is 5.69 Å². The van der Waals surface area contributed by atoms with Gasteiger partial charge in [-0.1, -0.05) is 6.07 Å². The molecule has 0 saturated carbocycles. The molecule has 72 valence electrons. The Morgan fingerprint density at radius 3 is 2.79 bits per heavy atom. The highest BCUT2D eigenvalue weighted by atomic mass is 19.1. The molecule has 0 aliphatic carbocycles. The molecule has 0 spiro atoms. The summed E-state index contributed by atoms with van der Waals surface area (Å²) >= 11 is 0. The Labute approximate surface area is 81.0 Å². The minimum atomic E-state index is -0.435. The molecule has 1 heterocycles. The van der Waals surface area contributed by atoms with E-state index in [0.29, 0.717) is 5.69 Å². The number of nitrogens with zero attached hydrogens (tertiary/aromatic N) is 2. The molecular formula is C10H10FN3. The van der Waals surface area contributed by atoms with E-state index in [1.807, 2.05) is 13.0 Å². The summed E-state index contributed by atoms with van der Waals surface area (Å²) in [5.41, 5.74) is 6.80. The molecule has 0 atom stereocenters. The van der Waals surface area contributed by atoms with Gasteiger partial charge in [-0.25, -0.2) is 9.07 Å². The lowest BCUT2D eigenvalue weighted by Crippen LogP contribution is -2.01. The van der Waals surface area contributed by atoms with Crippen molar-refractivity contribution in [3.63, 3.8) is 0 Å². The van der Waals surface area contributed by atoms with Crippen LogP contribution in [0.3, 0.4) is 0 Å². The summed E-state index contributed by atoms with van der Waals surface area (Å²) < 4.78 is 15.0. The third kappa shape index (κ3) is 1.35. The Morgan fingerprint density at radius 1 is 1.36 bits per heavy atom. The van der Waals surface area contributed by atoms with Crippen LogP contribution in [0.15, 0.2) is 30.5 Å². The Hall–Kier alpha value is -1.84. The number of benzene rings is 1. The molecule has 14 heavy (non-hydrogen) atoms. The third-order valence-corrected chi connectivity index (χ3v) is 1.98. The predicted octanol–water partition coefficient (Wildman–Crippen LogP) is 1.90. The number of aromatic nitrogens is 2. The summed E-state index contributed by atoms with van der Waals surface area (Å²) in [5.74, 6) is -0.435. The molecule has 1 aromatic heterocycles. The first kappa shape index (κ1) is 8.74. The number of hydrogen-bond acceptors (Lipinski definition) is 2. The van der Waals surface area contributed by atoms with Gasteiger partial charge in [0.05, 0.1) is 11.4 Å². The van der Waals surface area contributed by atoms with E-state index < -0.39 is 5.82 Å². The molecule has 0 saturated heterocycles. The maximum absolute atomic E-state index is 13.5. The molecule has 0 fully saturated rings. The van der Waals surface area contributed by atoms with Crippen LogP contribution in [0.4, 0.5) is 10.1 Å². The molecule has 3 nitrogen and oxygen atoms in total. The first-order valence-corrected chi connectivity index (χ1v) is 4.25. The van der Waals surface area contributed by atoms with Gasteiger partial charge in [0.25, 0.3) is 0 Å². The van der Waals surface area contributed by atoms with Gasteiger partial charge in [0, 0.05) is 6.20 Å². The van der Waals surface area contributed by atoms with Crippen LogP contribution < -0.4 is 5.73 Å². The van der Waals surface area contributed by atoms with E-state index in [2.05, 4.69) is 5.10 Å². The van der Waals surface area contributed by atoms with Crippen LogP contribution in [0, 0.1) is 12.7 Å². The first-order chi connectivity index (χ1) is 6.68. The van der Waals surface area contributed by atoms with E-state index in [0.717, 1.165) is 5.69 Å². The van der Waals surface area contributed by atoms with Crippen LogP contribution in [0.5, 0.6) is 0 Å². The Morgan fingerprint density at radius 2 is 2.14 bits per heavy atom. The van der Waals surface area contributed by atoms with Gasteiger partial charge < -0.3 is 5.73 Å². The summed E-state index contributed by atoms with van der Waals surface area (Å²) in [6, 6.07) is 6.67. The highest BCUT2D eigenvalue weighted by Crippen LogP contribution is 2.17. The number of nitrogen functional groups attached to an aromatic ring is 1. The van der Waals surface area contributed by atoms with E-state index in [1.54, 1.807) is 18.3 Å². The highest BCUT2D eigenvalue weighted by molar-refractivity contribution is 5.49. The molecule has 4 heteroatoms. The number of rotatable bonds is 1. The van der Waals surface area contributed by atoms with Crippen molar-refractivity contribution in [2.24, 2.45) is 0 Å². The number of aryl methyl sites for hydroxylation is 1. The molecule has 0 unspecified atom stereocenters. The topological polar surface area (TPSA) is 43.8 Å². The van der Waals surface area contributed by atoms with Crippen molar-refractivity contribution in [2.75, 3.05) is 5.73 Å². The van der Waals surface area contributed by atoms with Gasteiger partial charge in [-0.15, -0.1) is 0 Å². The van der Waals surface area contributed by atoms with Gasteiger partial charge in [-0.2, -0.15) is 5.10 Å². The SMILES string of the molecule is Cc1ccn(-c2cccc(N)c2F)n1. The molecule has 1 aromatic carbocycles. The van der Waals surface area contributed by atoms with Crippen LogP contribution >= 0.6 is 0 Å². The maximum Gasteiger partial charge on any atom is 0.171 e. The van der Waals surface area contributed by atoms with Crippen LogP contribution in [-0.2, 0) is 0 Å². The monoisotopic (exact) mass is 191 g/mol. The summed E-state index contributed by atoms with van der Waals surface area (Å²) in [7, 11) is 0. The van der Waals surface area contributed by atoms with Gasteiger partial charge in [-0.3, -0.25) is 0 Å². The van der Waals surface area contributed by atoms with Gasteiger partial charge in [0.2, 0.25) is 0 Å². The lowest BCUT2D eigenvalue weighted by atomic mass is 10.2. The molecular weight excluding hydrogens is 181 g/mol. The van der Waals surface area contributed by atoms with Crippen LogP contribution in [0.25, 0.3) is 5.69 Å². The van der Waals surface area contributed by atoms with Crippen molar-refractivity contribution in [2.45, 2.75) is 6.92 Å². The fraction of sp³-hybridized carbons (Fsp3) is 0.100. The van der Waals surface area contributed by atoms with Gasteiger partial charge in [0.15, 0.2) is 5.82 Å². The molecule has 2 aromatic rings. The predicted molar refractivity (Wildman–Crippen MR) is 52.7 cm³/mol. The van der Waals surface area contributed by atoms with E-state index >= 15 is 0 Å². The molecule has 2 N–H and O–H groups in total. The maximum atomic E-state index is 13.5. The first-order valence-electron chi connectivity index (χ1n) is 4.25. The lowest BCUT2D eigenvalue weighted by Gasteiger charge is -2.04. The van der Waals surface area contributed by atoms with Gasteiger partial charge in [0.1, 0.15) is 5.69 Å². The number of hydrogen-bond donors (Lipinski definition) is 1. The van der Waals surface area contributed by atoms with Crippen molar-refractivity contribution >= 4 is 5.69 Å². The summed E-state index contributed by atoms with van der Waals surface area (Å²) in [6.45, 7) is 1.85. The molecule has 2 rings (SSSR count).